The summed E-state index contributed by atoms with van der Waals surface area (Å²) in [5.74, 6) is -1.58. The zero-order chi connectivity index (χ0) is 16.0. The molecule has 0 saturated carbocycles. The fraction of sp³-hybridized carbons (Fsp3) is 0.538. The van der Waals surface area contributed by atoms with Gasteiger partial charge in [-0.1, -0.05) is 0 Å². The van der Waals surface area contributed by atoms with Crippen LogP contribution >= 0.6 is 0 Å². The molecule has 0 amide bonds. The van der Waals surface area contributed by atoms with Crippen LogP contribution in [0.1, 0.15) is 18.0 Å². The largest absolute Gasteiger partial charge is 0.401 e. The third kappa shape index (κ3) is 6.83. The summed E-state index contributed by atoms with van der Waals surface area (Å²) in [6.07, 6.45) is -4.30. The van der Waals surface area contributed by atoms with Crippen molar-refractivity contribution in [2.45, 2.75) is 18.6 Å². The Morgan fingerprint density at radius 1 is 1.10 bits per heavy atom. The molecule has 1 unspecified atom stereocenters. The number of rotatable bonds is 7. The third-order valence-electron chi connectivity index (χ3n) is 2.89. The maximum Gasteiger partial charge on any atom is 0.401 e. The van der Waals surface area contributed by atoms with Gasteiger partial charge in [0.2, 0.25) is 0 Å². The molecule has 21 heavy (non-hydrogen) atoms. The Labute approximate surface area is 119 Å². The Kier molecular flexibility index (Phi) is 6.50. The van der Waals surface area contributed by atoms with E-state index in [4.69, 9.17) is 10.8 Å². The van der Waals surface area contributed by atoms with Crippen LogP contribution in [0.25, 0.3) is 0 Å². The van der Waals surface area contributed by atoms with Crippen molar-refractivity contribution < 1.29 is 27.1 Å². The molecule has 0 aliphatic heterocycles. The minimum Gasteiger partial charge on any atom is -0.395 e. The van der Waals surface area contributed by atoms with Crippen molar-refractivity contribution in [3.8, 4) is 0 Å². The van der Waals surface area contributed by atoms with Crippen molar-refractivity contribution in [3.05, 3.63) is 35.4 Å². The van der Waals surface area contributed by atoms with E-state index < -0.39 is 37.0 Å². The molecule has 0 heterocycles. The Hall–Kier alpha value is -1.25. The summed E-state index contributed by atoms with van der Waals surface area (Å²) in [6, 6.07) is 2.00. The lowest BCUT2D eigenvalue weighted by Crippen LogP contribution is -2.37. The Bertz CT molecular complexity index is 432. The first kappa shape index (κ1) is 17.8. The predicted molar refractivity (Wildman–Crippen MR) is 67.5 cm³/mol. The fourth-order valence-corrected chi connectivity index (χ4v) is 1.94. The number of hydrogen-bond donors (Lipinski definition) is 2. The normalized spacial score (nSPS) is 13.7. The molecule has 1 atom stereocenters. The third-order valence-corrected chi connectivity index (χ3v) is 2.89. The van der Waals surface area contributed by atoms with Gasteiger partial charge in [-0.15, -0.1) is 0 Å². The van der Waals surface area contributed by atoms with Crippen molar-refractivity contribution in [1.29, 1.82) is 0 Å². The zero-order valence-electron chi connectivity index (χ0n) is 11.2. The summed E-state index contributed by atoms with van der Waals surface area (Å²) in [6.45, 7) is -1.78. The fourth-order valence-electron chi connectivity index (χ4n) is 1.94. The van der Waals surface area contributed by atoms with Gasteiger partial charge in [-0.25, -0.2) is 8.78 Å². The van der Waals surface area contributed by atoms with E-state index in [2.05, 4.69) is 0 Å². The smallest absolute Gasteiger partial charge is 0.395 e. The highest BCUT2D eigenvalue weighted by molar-refractivity contribution is 5.21. The molecule has 0 bridgehead atoms. The number of alkyl halides is 3. The number of halogens is 5. The van der Waals surface area contributed by atoms with Gasteiger partial charge in [0.1, 0.15) is 11.6 Å². The summed E-state index contributed by atoms with van der Waals surface area (Å²) in [7, 11) is 0. The quantitative estimate of drug-likeness (QED) is 0.759. The van der Waals surface area contributed by atoms with E-state index in [-0.39, 0.29) is 25.1 Å². The van der Waals surface area contributed by atoms with Crippen molar-refractivity contribution in [2.75, 3.05) is 26.2 Å². The van der Waals surface area contributed by atoms with Gasteiger partial charge < -0.3 is 10.8 Å². The summed E-state index contributed by atoms with van der Waals surface area (Å²) >= 11 is 0. The minimum absolute atomic E-state index is 0.0423. The molecule has 1 aromatic carbocycles. The average Bonchev–Trinajstić information content (AvgIpc) is 2.33. The molecule has 8 heteroatoms. The number of hydrogen-bond acceptors (Lipinski definition) is 3. The van der Waals surface area contributed by atoms with Crippen LogP contribution in [0.5, 0.6) is 0 Å². The second-order valence-electron chi connectivity index (χ2n) is 4.71. The first-order valence-corrected chi connectivity index (χ1v) is 6.33. The molecule has 0 fully saturated rings. The summed E-state index contributed by atoms with van der Waals surface area (Å²) < 4.78 is 63.1. The molecular weight excluding hydrogens is 295 g/mol. The van der Waals surface area contributed by atoms with Gasteiger partial charge in [-0.2, -0.15) is 13.2 Å². The van der Waals surface area contributed by atoms with Gasteiger partial charge in [0.25, 0.3) is 0 Å². The first-order valence-electron chi connectivity index (χ1n) is 6.33. The van der Waals surface area contributed by atoms with E-state index in [0.717, 1.165) is 17.0 Å². The maximum absolute atomic E-state index is 13.0. The second-order valence-corrected chi connectivity index (χ2v) is 4.71. The topological polar surface area (TPSA) is 49.5 Å². The molecule has 0 radical (unpaired) electrons. The van der Waals surface area contributed by atoms with Crippen molar-refractivity contribution in [1.82, 2.24) is 4.90 Å². The standard InChI is InChI=1S/C13H17F5N2O/c14-10-5-9(6-11(15)7-10)12(19)1-2-20(3-4-21)8-13(16,17)18/h5-7,12,21H,1-4,8,19H2. The number of nitrogens with two attached hydrogens (primary N) is 1. The van der Waals surface area contributed by atoms with E-state index >= 15 is 0 Å². The van der Waals surface area contributed by atoms with Gasteiger partial charge in [0.05, 0.1) is 13.2 Å². The molecule has 120 valence electrons. The van der Waals surface area contributed by atoms with Gasteiger partial charge in [-0.3, -0.25) is 4.90 Å². The summed E-state index contributed by atoms with van der Waals surface area (Å²) in [5.41, 5.74) is 5.92. The van der Waals surface area contributed by atoms with E-state index in [1.807, 2.05) is 0 Å². The molecule has 1 aromatic rings. The Morgan fingerprint density at radius 2 is 1.67 bits per heavy atom. The van der Waals surface area contributed by atoms with Crippen molar-refractivity contribution >= 4 is 0 Å². The molecule has 0 aliphatic rings. The SMILES string of the molecule is NC(CCN(CCO)CC(F)(F)F)c1cc(F)cc(F)c1. The number of nitrogens with zero attached hydrogens (tertiary/aromatic N) is 1. The average molecular weight is 312 g/mol. The molecule has 0 aliphatic carbocycles. The van der Waals surface area contributed by atoms with Gasteiger partial charge in [0.15, 0.2) is 0 Å². The molecule has 1 rings (SSSR count). The van der Waals surface area contributed by atoms with E-state index in [1.54, 1.807) is 0 Å². The van der Waals surface area contributed by atoms with Crippen LogP contribution in [0.4, 0.5) is 22.0 Å². The molecule has 0 spiro atoms. The van der Waals surface area contributed by atoms with Crippen LogP contribution in [-0.4, -0.2) is 42.4 Å². The lowest BCUT2D eigenvalue weighted by Gasteiger charge is -2.24. The highest BCUT2D eigenvalue weighted by atomic mass is 19.4. The lowest BCUT2D eigenvalue weighted by atomic mass is 10.0. The van der Waals surface area contributed by atoms with E-state index in [0.29, 0.717) is 6.07 Å². The van der Waals surface area contributed by atoms with Crippen LogP contribution in [0, 0.1) is 11.6 Å². The second kappa shape index (κ2) is 7.67. The van der Waals surface area contributed by atoms with Crippen molar-refractivity contribution in [2.24, 2.45) is 5.73 Å². The van der Waals surface area contributed by atoms with Crippen LogP contribution in [-0.2, 0) is 0 Å². The lowest BCUT2D eigenvalue weighted by molar-refractivity contribution is -0.146. The molecule has 0 saturated heterocycles. The van der Waals surface area contributed by atoms with E-state index in [1.165, 1.54) is 0 Å². The van der Waals surface area contributed by atoms with Crippen molar-refractivity contribution in [3.63, 3.8) is 0 Å². The predicted octanol–water partition coefficient (Wildman–Crippen LogP) is 2.21. The molecular formula is C13H17F5N2O. The Morgan fingerprint density at radius 3 is 2.14 bits per heavy atom. The highest BCUT2D eigenvalue weighted by Gasteiger charge is 2.30. The summed E-state index contributed by atoms with van der Waals surface area (Å²) in [4.78, 5) is 0.996. The van der Waals surface area contributed by atoms with Gasteiger partial charge >= 0.3 is 6.18 Å². The number of aliphatic hydroxyl groups is 1. The van der Waals surface area contributed by atoms with Gasteiger partial charge in [0, 0.05) is 25.2 Å². The molecule has 3 nitrogen and oxygen atoms in total. The summed E-state index contributed by atoms with van der Waals surface area (Å²) in [5, 5.41) is 8.75. The van der Waals surface area contributed by atoms with Crippen LogP contribution in [0.3, 0.4) is 0 Å². The van der Waals surface area contributed by atoms with Crippen LogP contribution in [0.2, 0.25) is 0 Å². The van der Waals surface area contributed by atoms with Crippen LogP contribution in [0.15, 0.2) is 18.2 Å². The maximum atomic E-state index is 13.0. The molecule has 0 aromatic heterocycles. The Balaban J connectivity index is 2.61. The van der Waals surface area contributed by atoms with Gasteiger partial charge in [-0.05, 0) is 24.1 Å². The molecule has 3 N–H and O–H groups in total. The number of aliphatic hydroxyl groups excluding tert-OH is 1. The van der Waals surface area contributed by atoms with Crippen LogP contribution < -0.4 is 5.73 Å². The minimum atomic E-state index is -4.38. The first-order chi connectivity index (χ1) is 9.71. The zero-order valence-corrected chi connectivity index (χ0v) is 11.2. The highest BCUT2D eigenvalue weighted by Crippen LogP contribution is 2.20. The van der Waals surface area contributed by atoms with E-state index in [9.17, 15) is 22.0 Å². The monoisotopic (exact) mass is 312 g/mol. The number of benzene rings is 1.